The second kappa shape index (κ2) is 5.27. The van der Waals surface area contributed by atoms with Gasteiger partial charge in [0, 0.05) is 26.7 Å². The van der Waals surface area contributed by atoms with E-state index in [1.165, 1.54) is 11.1 Å². The van der Waals surface area contributed by atoms with E-state index in [4.69, 9.17) is 17.0 Å². The number of nitrogens with zero attached hydrogens (tertiary/aromatic N) is 1. The van der Waals surface area contributed by atoms with Gasteiger partial charge in [-0.05, 0) is 23.3 Å². The van der Waals surface area contributed by atoms with E-state index in [0.29, 0.717) is 6.61 Å². The summed E-state index contributed by atoms with van der Waals surface area (Å²) in [5.74, 6) is 0. The van der Waals surface area contributed by atoms with Crippen molar-refractivity contribution in [3.8, 4) is 0 Å². The molecule has 0 aromatic heterocycles. The fourth-order valence-electron chi connectivity index (χ4n) is 1.85. The molecule has 1 aromatic rings. The first-order chi connectivity index (χ1) is 7.81. The van der Waals surface area contributed by atoms with Crippen molar-refractivity contribution in [2.75, 3.05) is 20.3 Å². The van der Waals surface area contributed by atoms with E-state index in [1.807, 2.05) is 0 Å². The van der Waals surface area contributed by atoms with E-state index in [-0.39, 0.29) is 0 Å². The third-order valence-corrected chi connectivity index (χ3v) is 3.11. The van der Waals surface area contributed by atoms with Gasteiger partial charge in [0.1, 0.15) is 0 Å². The van der Waals surface area contributed by atoms with Gasteiger partial charge in [0.05, 0.1) is 6.61 Å². The van der Waals surface area contributed by atoms with Gasteiger partial charge in [0.2, 0.25) is 0 Å². The lowest BCUT2D eigenvalue weighted by molar-refractivity contribution is 0.203. The van der Waals surface area contributed by atoms with Gasteiger partial charge in [0.25, 0.3) is 0 Å². The van der Waals surface area contributed by atoms with E-state index < -0.39 is 0 Å². The van der Waals surface area contributed by atoms with Crippen molar-refractivity contribution in [2.45, 2.75) is 13.1 Å². The third-order valence-electron chi connectivity index (χ3n) is 2.71. The number of nitrogens with one attached hydrogen (secondary N) is 1. The number of rotatable bonds is 3. The third kappa shape index (κ3) is 2.51. The summed E-state index contributed by atoms with van der Waals surface area (Å²) < 4.78 is 4.98. The number of hydrogen-bond acceptors (Lipinski definition) is 2. The van der Waals surface area contributed by atoms with Gasteiger partial charge < -0.3 is 15.0 Å². The standard InChI is InChI=1S/C12H16N2OS/c1-15-7-6-13-12(16)14-8-10-4-2-3-5-11(10)9-14/h2-5H,6-9H2,1H3,(H,13,16). The SMILES string of the molecule is COCCNC(=S)N1Cc2ccccc2C1. The predicted octanol–water partition coefficient (Wildman–Crippen LogP) is 1.52. The van der Waals surface area contributed by atoms with Crippen molar-refractivity contribution in [3.63, 3.8) is 0 Å². The zero-order chi connectivity index (χ0) is 11.4. The summed E-state index contributed by atoms with van der Waals surface area (Å²) in [6.45, 7) is 3.27. The van der Waals surface area contributed by atoms with E-state index in [0.717, 1.165) is 24.7 Å². The molecule has 1 aliphatic heterocycles. The van der Waals surface area contributed by atoms with Crippen molar-refractivity contribution in [1.29, 1.82) is 0 Å². The Kier molecular flexibility index (Phi) is 3.74. The van der Waals surface area contributed by atoms with Crippen LogP contribution in [0.2, 0.25) is 0 Å². The molecule has 3 nitrogen and oxygen atoms in total. The van der Waals surface area contributed by atoms with Crippen LogP contribution in [-0.2, 0) is 17.8 Å². The number of fused-ring (bicyclic) bond motifs is 1. The van der Waals surface area contributed by atoms with Gasteiger partial charge in [-0.1, -0.05) is 24.3 Å². The number of hydrogen-bond donors (Lipinski definition) is 1. The Morgan fingerprint density at radius 1 is 1.38 bits per heavy atom. The predicted molar refractivity (Wildman–Crippen MR) is 68.2 cm³/mol. The number of benzene rings is 1. The highest BCUT2D eigenvalue weighted by atomic mass is 32.1. The average Bonchev–Trinajstić information content (AvgIpc) is 2.73. The van der Waals surface area contributed by atoms with Gasteiger partial charge in [-0.15, -0.1) is 0 Å². The maximum Gasteiger partial charge on any atom is 0.169 e. The molecular weight excluding hydrogens is 220 g/mol. The Morgan fingerprint density at radius 3 is 2.56 bits per heavy atom. The monoisotopic (exact) mass is 236 g/mol. The van der Waals surface area contributed by atoms with Crippen LogP contribution in [0.5, 0.6) is 0 Å². The Labute approximate surface area is 101 Å². The summed E-state index contributed by atoms with van der Waals surface area (Å²) in [5, 5.41) is 4.01. The quantitative estimate of drug-likeness (QED) is 0.635. The zero-order valence-electron chi connectivity index (χ0n) is 9.40. The van der Waals surface area contributed by atoms with Gasteiger partial charge in [-0.25, -0.2) is 0 Å². The molecule has 1 aromatic carbocycles. The van der Waals surface area contributed by atoms with E-state index >= 15 is 0 Å². The van der Waals surface area contributed by atoms with Crippen LogP contribution in [0.25, 0.3) is 0 Å². The summed E-state index contributed by atoms with van der Waals surface area (Å²) >= 11 is 5.33. The Morgan fingerprint density at radius 2 is 2.00 bits per heavy atom. The Hall–Kier alpha value is -1.13. The first kappa shape index (κ1) is 11.4. The van der Waals surface area contributed by atoms with E-state index in [9.17, 15) is 0 Å². The first-order valence-corrected chi connectivity index (χ1v) is 5.80. The maximum absolute atomic E-state index is 5.33. The van der Waals surface area contributed by atoms with Crippen molar-refractivity contribution in [3.05, 3.63) is 35.4 Å². The largest absolute Gasteiger partial charge is 0.383 e. The normalized spacial score (nSPS) is 13.7. The molecule has 1 N–H and O–H groups in total. The lowest BCUT2D eigenvalue weighted by Crippen LogP contribution is -2.37. The minimum atomic E-state index is 0.681. The molecule has 0 radical (unpaired) electrons. The van der Waals surface area contributed by atoms with Crippen LogP contribution < -0.4 is 5.32 Å². The van der Waals surface area contributed by atoms with Crippen molar-refractivity contribution >= 4 is 17.3 Å². The number of thiocarbonyl (C=S) groups is 1. The molecule has 86 valence electrons. The molecule has 0 unspecified atom stereocenters. The summed E-state index contributed by atoms with van der Waals surface area (Å²) in [4.78, 5) is 2.18. The summed E-state index contributed by atoms with van der Waals surface area (Å²) in [7, 11) is 1.69. The molecule has 0 spiro atoms. The smallest absolute Gasteiger partial charge is 0.169 e. The van der Waals surface area contributed by atoms with Gasteiger partial charge >= 0.3 is 0 Å². The molecule has 2 rings (SSSR count). The van der Waals surface area contributed by atoms with Gasteiger partial charge in [-0.3, -0.25) is 0 Å². The fraction of sp³-hybridized carbons (Fsp3) is 0.417. The molecule has 4 heteroatoms. The lowest BCUT2D eigenvalue weighted by Gasteiger charge is -2.19. The van der Waals surface area contributed by atoms with Crippen LogP contribution in [0.3, 0.4) is 0 Å². The first-order valence-electron chi connectivity index (χ1n) is 5.40. The molecule has 1 aliphatic rings. The molecule has 0 amide bonds. The van der Waals surface area contributed by atoms with Crippen LogP contribution in [0.15, 0.2) is 24.3 Å². The second-order valence-corrected chi connectivity index (χ2v) is 4.24. The van der Waals surface area contributed by atoms with Crippen LogP contribution in [0.1, 0.15) is 11.1 Å². The molecule has 1 heterocycles. The maximum atomic E-state index is 5.33. The minimum Gasteiger partial charge on any atom is -0.383 e. The minimum absolute atomic E-state index is 0.681. The van der Waals surface area contributed by atoms with E-state index in [2.05, 4.69) is 34.5 Å². The highest BCUT2D eigenvalue weighted by Crippen LogP contribution is 2.21. The fourth-order valence-corrected chi connectivity index (χ4v) is 2.08. The Balaban J connectivity index is 1.88. The van der Waals surface area contributed by atoms with Gasteiger partial charge in [-0.2, -0.15) is 0 Å². The van der Waals surface area contributed by atoms with Crippen LogP contribution >= 0.6 is 12.2 Å². The molecule has 0 saturated carbocycles. The molecule has 0 aliphatic carbocycles. The van der Waals surface area contributed by atoms with Crippen molar-refractivity contribution in [2.24, 2.45) is 0 Å². The second-order valence-electron chi connectivity index (χ2n) is 3.85. The number of methoxy groups -OCH3 is 1. The average molecular weight is 236 g/mol. The van der Waals surface area contributed by atoms with Crippen LogP contribution in [0.4, 0.5) is 0 Å². The van der Waals surface area contributed by atoms with Gasteiger partial charge in [0.15, 0.2) is 5.11 Å². The molecule has 0 atom stereocenters. The van der Waals surface area contributed by atoms with Crippen LogP contribution in [-0.4, -0.2) is 30.3 Å². The summed E-state index contributed by atoms with van der Waals surface area (Å²) in [6, 6.07) is 8.47. The summed E-state index contributed by atoms with van der Waals surface area (Å²) in [6.07, 6.45) is 0. The molecule has 16 heavy (non-hydrogen) atoms. The number of ether oxygens (including phenoxy) is 1. The highest BCUT2D eigenvalue weighted by Gasteiger charge is 2.19. The topological polar surface area (TPSA) is 24.5 Å². The Bertz CT molecular complexity index is 356. The van der Waals surface area contributed by atoms with Crippen molar-refractivity contribution < 1.29 is 4.74 Å². The molecule has 0 fully saturated rings. The van der Waals surface area contributed by atoms with Crippen molar-refractivity contribution in [1.82, 2.24) is 10.2 Å². The summed E-state index contributed by atoms with van der Waals surface area (Å²) in [5.41, 5.74) is 2.75. The molecule has 0 saturated heterocycles. The lowest BCUT2D eigenvalue weighted by atomic mass is 10.1. The highest BCUT2D eigenvalue weighted by molar-refractivity contribution is 7.80. The zero-order valence-corrected chi connectivity index (χ0v) is 10.2. The molecule has 0 bridgehead atoms. The van der Waals surface area contributed by atoms with Crippen LogP contribution in [0, 0.1) is 0 Å². The van der Waals surface area contributed by atoms with E-state index in [1.54, 1.807) is 7.11 Å². The molecular formula is C12H16N2OS.